The molecular formula is C23H18F3N2O. The van der Waals surface area contributed by atoms with Gasteiger partial charge in [0.25, 0.3) is 0 Å². The number of furan rings is 1. The standard InChI is InChI=1S/C23H18F3N2O/c1-14-11-18(29-15(14)2)13-28-17-6-3-5-16(12-17)19-9-10-27-22-20(19)7-4-8-21(22)23(24,25)26/h3-8,10-12,28H,13H2,1-2H3. The van der Waals surface area contributed by atoms with E-state index in [9.17, 15) is 13.2 Å². The van der Waals surface area contributed by atoms with Crippen molar-refractivity contribution in [2.75, 3.05) is 5.32 Å². The molecule has 0 unspecified atom stereocenters. The number of aryl methyl sites for hydroxylation is 2. The summed E-state index contributed by atoms with van der Waals surface area (Å²) in [6.45, 7) is 4.42. The average molecular weight is 395 g/mol. The van der Waals surface area contributed by atoms with Crippen LogP contribution in [0.25, 0.3) is 22.0 Å². The zero-order valence-corrected chi connectivity index (χ0v) is 15.9. The van der Waals surface area contributed by atoms with Crippen LogP contribution in [0.5, 0.6) is 0 Å². The van der Waals surface area contributed by atoms with E-state index in [2.05, 4.69) is 16.4 Å². The summed E-state index contributed by atoms with van der Waals surface area (Å²) >= 11 is 0. The number of rotatable bonds is 4. The highest BCUT2D eigenvalue weighted by Crippen LogP contribution is 2.37. The van der Waals surface area contributed by atoms with E-state index in [0.29, 0.717) is 17.5 Å². The maximum absolute atomic E-state index is 13.3. The molecule has 3 nitrogen and oxygen atoms in total. The van der Waals surface area contributed by atoms with Gasteiger partial charge in [0, 0.05) is 28.9 Å². The third kappa shape index (κ3) is 3.83. The summed E-state index contributed by atoms with van der Waals surface area (Å²) in [7, 11) is 0. The first kappa shape index (κ1) is 19.1. The molecular weight excluding hydrogens is 377 g/mol. The Labute approximate surface area is 166 Å². The van der Waals surface area contributed by atoms with E-state index in [0.717, 1.165) is 34.4 Å². The Kier molecular flexibility index (Phi) is 4.78. The molecule has 0 aliphatic heterocycles. The number of halogens is 3. The van der Waals surface area contributed by atoms with Crippen LogP contribution in [0.1, 0.15) is 22.6 Å². The Morgan fingerprint density at radius 1 is 1.07 bits per heavy atom. The Bertz CT molecular complexity index is 1160. The Balaban J connectivity index is 1.68. The van der Waals surface area contributed by atoms with Gasteiger partial charge < -0.3 is 9.73 Å². The fourth-order valence-electron chi connectivity index (χ4n) is 3.30. The largest absolute Gasteiger partial charge is 0.464 e. The number of fused-ring (bicyclic) bond motifs is 1. The highest BCUT2D eigenvalue weighted by Gasteiger charge is 2.33. The lowest BCUT2D eigenvalue weighted by Crippen LogP contribution is -2.06. The first-order valence-corrected chi connectivity index (χ1v) is 9.10. The van der Waals surface area contributed by atoms with Crippen LogP contribution < -0.4 is 5.32 Å². The Hall–Kier alpha value is -3.28. The van der Waals surface area contributed by atoms with Crippen LogP contribution in [0.2, 0.25) is 0 Å². The summed E-state index contributed by atoms with van der Waals surface area (Å²) in [6, 6.07) is 16.5. The molecule has 0 bridgehead atoms. The van der Waals surface area contributed by atoms with Crippen molar-refractivity contribution in [2.24, 2.45) is 0 Å². The average Bonchev–Trinajstić information content (AvgIpc) is 3.02. The van der Waals surface area contributed by atoms with Gasteiger partial charge in [-0.2, -0.15) is 13.2 Å². The molecule has 29 heavy (non-hydrogen) atoms. The van der Waals surface area contributed by atoms with Gasteiger partial charge in [-0.3, -0.25) is 4.98 Å². The van der Waals surface area contributed by atoms with E-state index in [1.807, 2.05) is 44.2 Å². The van der Waals surface area contributed by atoms with Gasteiger partial charge in [0.05, 0.1) is 17.6 Å². The summed E-state index contributed by atoms with van der Waals surface area (Å²) in [5.41, 5.74) is 2.44. The van der Waals surface area contributed by atoms with Crippen LogP contribution in [-0.2, 0) is 12.7 Å². The van der Waals surface area contributed by atoms with Crippen molar-refractivity contribution >= 4 is 16.6 Å². The van der Waals surface area contributed by atoms with Crippen LogP contribution in [0.3, 0.4) is 0 Å². The number of benzene rings is 2. The summed E-state index contributed by atoms with van der Waals surface area (Å²) < 4.78 is 45.7. The number of para-hydroxylation sites is 1. The third-order valence-electron chi connectivity index (χ3n) is 4.85. The second-order valence-corrected chi connectivity index (χ2v) is 6.86. The monoisotopic (exact) mass is 395 g/mol. The maximum Gasteiger partial charge on any atom is 0.418 e. The van der Waals surface area contributed by atoms with E-state index < -0.39 is 11.7 Å². The normalized spacial score (nSPS) is 11.8. The first-order valence-electron chi connectivity index (χ1n) is 9.10. The molecule has 4 aromatic rings. The molecule has 2 heterocycles. The first-order chi connectivity index (χ1) is 13.8. The molecule has 2 aromatic heterocycles. The molecule has 0 saturated carbocycles. The zero-order chi connectivity index (χ0) is 20.6. The SMILES string of the molecule is Cc1cc(CNc2cccc(-c3[c]cnc4c(C(F)(F)F)cccc34)c2)oc1C. The zero-order valence-electron chi connectivity index (χ0n) is 15.9. The Morgan fingerprint density at radius 3 is 2.59 bits per heavy atom. The second kappa shape index (κ2) is 7.28. The number of alkyl halides is 3. The summed E-state index contributed by atoms with van der Waals surface area (Å²) in [5, 5.41) is 3.71. The lowest BCUT2D eigenvalue weighted by molar-refractivity contribution is -0.136. The van der Waals surface area contributed by atoms with Crippen LogP contribution >= 0.6 is 0 Å². The van der Waals surface area contributed by atoms with Crippen LogP contribution in [0.4, 0.5) is 18.9 Å². The van der Waals surface area contributed by atoms with Crippen molar-refractivity contribution in [2.45, 2.75) is 26.6 Å². The number of nitrogens with one attached hydrogen (secondary N) is 1. The molecule has 0 amide bonds. The van der Waals surface area contributed by atoms with Crippen molar-refractivity contribution in [1.29, 1.82) is 0 Å². The number of hydrogen-bond acceptors (Lipinski definition) is 3. The molecule has 0 aliphatic carbocycles. The highest BCUT2D eigenvalue weighted by molar-refractivity contribution is 5.96. The van der Waals surface area contributed by atoms with E-state index in [1.54, 1.807) is 6.07 Å². The van der Waals surface area contributed by atoms with Crippen LogP contribution in [-0.4, -0.2) is 4.98 Å². The smallest absolute Gasteiger partial charge is 0.418 e. The van der Waals surface area contributed by atoms with Gasteiger partial charge in [-0.05, 0) is 49.2 Å². The molecule has 2 aromatic carbocycles. The minimum absolute atomic E-state index is 0.0753. The van der Waals surface area contributed by atoms with E-state index in [-0.39, 0.29) is 5.52 Å². The topological polar surface area (TPSA) is 38.1 Å². The van der Waals surface area contributed by atoms with Crippen LogP contribution in [0, 0.1) is 19.9 Å². The molecule has 4 rings (SSSR count). The van der Waals surface area contributed by atoms with Gasteiger partial charge >= 0.3 is 6.18 Å². The fourth-order valence-corrected chi connectivity index (χ4v) is 3.30. The molecule has 6 heteroatoms. The summed E-state index contributed by atoms with van der Waals surface area (Å²) in [4.78, 5) is 3.94. The van der Waals surface area contributed by atoms with Crippen molar-refractivity contribution in [3.8, 4) is 11.1 Å². The minimum Gasteiger partial charge on any atom is -0.464 e. The molecule has 0 aliphatic rings. The van der Waals surface area contributed by atoms with E-state index >= 15 is 0 Å². The van der Waals surface area contributed by atoms with Gasteiger partial charge in [0.1, 0.15) is 11.5 Å². The van der Waals surface area contributed by atoms with Gasteiger partial charge in [0.2, 0.25) is 0 Å². The molecule has 1 radical (unpaired) electrons. The second-order valence-electron chi connectivity index (χ2n) is 6.86. The summed E-state index contributed by atoms with van der Waals surface area (Å²) in [5.74, 6) is 1.70. The fraction of sp³-hybridized carbons (Fsp3) is 0.174. The van der Waals surface area contributed by atoms with E-state index in [1.165, 1.54) is 12.3 Å². The lowest BCUT2D eigenvalue weighted by atomic mass is 9.99. The molecule has 1 N–H and O–H groups in total. The predicted octanol–water partition coefficient (Wildman–Crippen LogP) is 6.54. The molecule has 0 saturated heterocycles. The quantitative estimate of drug-likeness (QED) is 0.426. The highest BCUT2D eigenvalue weighted by atomic mass is 19.4. The molecule has 147 valence electrons. The molecule has 0 fully saturated rings. The van der Waals surface area contributed by atoms with Crippen LogP contribution in [0.15, 0.2) is 59.1 Å². The number of nitrogens with zero attached hydrogens (tertiary/aromatic N) is 1. The molecule has 0 spiro atoms. The number of aromatic nitrogens is 1. The summed E-state index contributed by atoms with van der Waals surface area (Å²) in [6.07, 6.45) is -3.17. The number of hydrogen-bond donors (Lipinski definition) is 1. The van der Waals surface area contributed by atoms with Crippen molar-refractivity contribution in [3.63, 3.8) is 0 Å². The van der Waals surface area contributed by atoms with Gasteiger partial charge in [-0.25, -0.2) is 0 Å². The van der Waals surface area contributed by atoms with Crippen molar-refractivity contribution < 1.29 is 17.6 Å². The number of anilines is 1. The third-order valence-corrected chi connectivity index (χ3v) is 4.85. The predicted molar refractivity (Wildman–Crippen MR) is 107 cm³/mol. The van der Waals surface area contributed by atoms with E-state index in [4.69, 9.17) is 4.42 Å². The van der Waals surface area contributed by atoms with Gasteiger partial charge in [-0.1, -0.05) is 24.3 Å². The van der Waals surface area contributed by atoms with Gasteiger partial charge in [-0.15, -0.1) is 0 Å². The Morgan fingerprint density at radius 2 is 1.86 bits per heavy atom. The maximum atomic E-state index is 13.3. The van der Waals surface area contributed by atoms with Gasteiger partial charge in [0.15, 0.2) is 0 Å². The van der Waals surface area contributed by atoms with Crippen molar-refractivity contribution in [3.05, 3.63) is 83.4 Å². The minimum atomic E-state index is -4.46. The number of pyridine rings is 1. The molecule has 0 atom stereocenters. The van der Waals surface area contributed by atoms with Crippen molar-refractivity contribution in [1.82, 2.24) is 4.98 Å². The lowest BCUT2D eigenvalue weighted by Gasteiger charge is -2.13.